The van der Waals surface area contributed by atoms with E-state index in [-0.39, 0.29) is 5.60 Å². The summed E-state index contributed by atoms with van der Waals surface area (Å²) in [5.41, 5.74) is 0.268. The van der Waals surface area contributed by atoms with Crippen molar-refractivity contribution < 1.29 is 4.74 Å². The highest BCUT2D eigenvalue weighted by Gasteiger charge is 2.39. The van der Waals surface area contributed by atoms with Crippen LogP contribution in [0.3, 0.4) is 0 Å². The van der Waals surface area contributed by atoms with Crippen molar-refractivity contribution in [3.05, 3.63) is 18.1 Å². The summed E-state index contributed by atoms with van der Waals surface area (Å²) in [5.74, 6) is 0.795. The van der Waals surface area contributed by atoms with Crippen LogP contribution in [0.5, 0.6) is 0 Å². The van der Waals surface area contributed by atoms with Gasteiger partial charge in [0.15, 0.2) is 5.69 Å². The standard InChI is InChI=1S/C10H12N4O/c1-10(15-2)6-14(7-10)9-5-12-8(3-11)4-13-9/h4-5H,6-7H2,1-2H3. The molecule has 0 N–H and O–H groups in total. The van der Waals surface area contributed by atoms with Gasteiger partial charge in [0.25, 0.3) is 0 Å². The molecule has 0 saturated carbocycles. The van der Waals surface area contributed by atoms with Gasteiger partial charge in [-0.3, -0.25) is 0 Å². The zero-order chi connectivity index (χ0) is 10.9. The van der Waals surface area contributed by atoms with Crippen molar-refractivity contribution in [1.82, 2.24) is 9.97 Å². The molecule has 2 heterocycles. The van der Waals surface area contributed by atoms with E-state index in [0.717, 1.165) is 18.9 Å². The molecule has 0 atom stereocenters. The largest absolute Gasteiger partial charge is 0.375 e. The lowest BCUT2D eigenvalue weighted by atomic mass is 9.97. The molecular formula is C10H12N4O. The Bertz CT molecular complexity index is 389. The highest BCUT2D eigenvalue weighted by molar-refractivity contribution is 5.42. The van der Waals surface area contributed by atoms with E-state index in [0.29, 0.717) is 5.69 Å². The second kappa shape index (κ2) is 3.48. The van der Waals surface area contributed by atoms with Crippen LogP contribution in [0.1, 0.15) is 12.6 Å². The number of ether oxygens (including phenoxy) is 1. The molecule has 0 radical (unpaired) electrons. The number of anilines is 1. The van der Waals surface area contributed by atoms with Crippen molar-refractivity contribution in [2.45, 2.75) is 12.5 Å². The third-order valence-corrected chi connectivity index (χ3v) is 2.62. The normalized spacial score (nSPS) is 18.1. The number of methoxy groups -OCH3 is 1. The number of hydrogen-bond acceptors (Lipinski definition) is 5. The fraction of sp³-hybridized carbons (Fsp3) is 0.500. The molecule has 5 heteroatoms. The first-order valence-corrected chi connectivity index (χ1v) is 4.69. The first-order valence-electron chi connectivity index (χ1n) is 4.69. The summed E-state index contributed by atoms with van der Waals surface area (Å²) < 4.78 is 5.33. The van der Waals surface area contributed by atoms with E-state index in [1.165, 1.54) is 6.20 Å². The van der Waals surface area contributed by atoms with Crippen LogP contribution in [0.4, 0.5) is 5.82 Å². The van der Waals surface area contributed by atoms with Gasteiger partial charge in [-0.05, 0) is 6.92 Å². The average molecular weight is 204 g/mol. The molecule has 2 rings (SSSR count). The Balaban J connectivity index is 2.05. The van der Waals surface area contributed by atoms with Crippen LogP contribution in [-0.4, -0.2) is 35.8 Å². The molecule has 0 unspecified atom stereocenters. The van der Waals surface area contributed by atoms with Gasteiger partial charge in [0, 0.05) is 7.11 Å². The summed E-state index contributed by atoms with van der Waals surface area (Å²) in [6.07, 6.45) is 3.10. The zero-order valence-electron chi connectivity index (χ0n) is 8.77. The Morgan fingerprint density at radius 1 is 1.47 bits per heavy atom. The van der Waals surface area contributed by atoms with Crippen molar-refractivity contribution in [2.75, 3.05) is 25.1 Å². The van der Waals surface area contributed by atoms with E-state index in [1.54, 1.807) is 13.3 Å². The van der Waals surface area contributed by atoms with Crippen molar-refractivity contribution in [3.63, 3.8) is 0 Å². The lowest BCUT2D eigenvalue weighted by Gasteiger charge is -2.47. The predicted molar refractivity (Wildman–Crippen MR) is 54.4 cm³/mol. The third-order valence-electron chi connectivity index (χ3n) is 2.62. The zero-order valence-corrected chi connectivity index (χ0v) is 8.77. The minimum atomic E-state index is -0.0738. The average Bonchev–Trinajstić information content (AvgIpc) is 2.25. The molecule has 0 amide bonds. The summed E-state index contributed by atoms with van der Waals surface area (Å²) in [4.78, 5) is 10.2. The molecule has 78 valence electrons. The first kappa shape index (κ1) is 9.87. The SMILES string of the molecule is COC1(C)CN(c2cnc(C#N)cn2)C1. The van der Waals surface area contributed by atoms with E-state index in [2.05, 4.69) is 21.8 Å². The lowest BCUT2D eigenvalue weighted by Crippen LogP contribution is -2.61. The molecule has 0 aromatic carbocycles. The molecule has 0 aliphatic carbocycles. The summed E-state index contributed by atoms with van der Waals surface area (Å²) in [5, 5.41) is 8.57. The van der Waals surface area contributed by atoms with E-state index >= 15 is 0 Å². The molecule has 1 aromatic rings. The number of hydrogen-bond donors (Lipinski definition) is 0. The van der Waals surface area contributed by atoms with Gasteiger partial charge < -0.3 is 9.64 Å². The molecule has 15 heavy (non-hydrogen) atoms. The van der Waals surface area contributed by atoms with Gasteiger partial charge in [-0.25, -0.2) is 9.97 Å². The van der Waals surface area contributed by atoms with Gasteiger partial charge in [0.1, 0.15) is 11.9 Å². The summed E-state index contributed by atoms with van der Waals surface area (Å²) >= 11 is 0. The Hall–Kier alpha value is -1.67. The van der Waals surface area contributed by atoms with Gasteiger partial charge in [-0.2, -0.15) is 5.26 Å². The van der Waals surface area contributed by atoms with Crippen LogP contribution in [0.25, 0.3) is 0 Å². The van der Waals surface area contributed by atoms with Crippen LogP contribution in [0, 0.1) is 11.3 Å². The Labute approximate surface area is 88.3 Å². The second-order valence-corrected chi connectivity index (χ2v) is 3.88. The summed E-state index contributed by atoms with van der Waals surface area (Å²) in [6.45, 7) is 3.68. The highest BCUT2D eigenvalue weighted by atomic mass is 16.5. The van der Waals surface area contributed by atoms with Crippen LogP contribution >= 0.6 is 0 Å². The van der Waals surface area contributed by atoms with Gasteiger partial charge >= 0.3 is 0 Å². The quantitative estimate of drug-likeness (QED) is 0.705. The van der Waals surface area contributed by atoms with Crippen molar-refractivity contribution in [3.8, 4) is 6.07 Å². The fourth-order valence-corrected chi connectivity index (χ4v) is 1.59. The molecule has 1 aliphatic heterocycles. The molecular weight excluding hydrogens is 192 g/mol. The Morgan fingerprint density at radius 3 is 2.67 bits per heavy atom. The van der Waals surface area contributed by atoms with Crippen molar-refractivity contribution in [2.24, 2.45) is 0 Å². The lowest BCUT2D eigenvalue weighted by molar-refractivity contribution is -0.0171. The van der Waals surface area contributed by atoms with Crippen molar-refractivity contribution >= 4 is 5.82 Å². The van der Waals surface area contributed by atoms with Crippen molar-refractivity contribution in [1.29, 1.82) is 5.26 Å². The monoisotopic (exact) mass is 204 g/mol. The molecule has 1 aromatic heterocycles. The maximum Gasteiger partial charge on any atom is 0.158 e. The van der Waals surface area contributed by atoms with E-state index in [4.69, 9.17) is 10.00 Å². The second-order valence-electron chi connectivity index (χ2n) is 3.88. The van der Waals surface area contributed by atoms with E-state index in [1.807, 2.05) is 6.07 Å². The smallest absolute Gasteiger partial charge is 0.158 e. The third kappa shape index (κ3) is 1.76. The van der Waals surface area contributed by atoms with Gasteiger partial charge in [0.05, 0.1) is 31.1 Å². The maximum atomic E-state index is 8.57. The van der Waals surface area contributed by atoms with E-state index in [9.17, 15) is 0 Å². The molecule has 5 nitrogen and oxygen atoms in total. The summed E-state index contributed by atoms with van der Waals surface area (Å²) in [7, 11) is 1.71. The van der Waals surface area contributed by atoms with Crippen LogP contribution in [-0.2, 0) is 4.74 Å². The molecule has 1 fully saturated rings. The predicted octanol–water partition coefficient (Wildman–Crippen LogP) is 0.573. The minimum absolute atomic E-state index is 0.0738. The molecule has 0 bridgehead atoms. The number of nitrogens with zero attached hydrogens (tertiary/aromatic N) is 4. The maximum absolute atomic E-state index is 8.57. The molecule has 1 saturated heterocycles. The van der Waals surface area contributed by atoms with E-state index < -0.39 is 0 Å². The van der Waals surface area contributed by atoms with Gasteiger partial charge in [-0.1, -0.05) is 0 Å². The minimum Gasteiger partial charge on any atom is -0.375 e. The molecule has 1 aliphatic rings. The number of rotatable bonds is 2. The Morgan fingerprint density at radius 2 is 2.20 bits per heavy atom. The van der Waals surface area contributed by atoms with Crippen LogP contribution < -0.4 is 4.90 Å². The number of nitriles is 1. The number of aromatic nitrogens is 2. The Kier molecular flexibility index (Phi) is 2.29. The summed E-state index contributed by atoms with van der Waals surface area (Å²) in [6, 6.07) is 1.94. The van der Waals surface area contributed by atoms with Crippen LogP contribution in [0.15, 0.2) is 12.4 Å². The molecule has 0 spiro atoms. The fourth-order valence-electron chi connectivity index (χ4n) is 1.59. The van der Waals surface area contributed by atoms with Crippen LogP contribution in [0.2, 0.25) is 0 Å². The van der Waals surface area contributed by atoms with Gasteiger partial charge in [0.2, 0.25) is 0 Å². The first-order chi connectivity index (χ1) is 7.17. The van der Waals surface area contributed by atoms with Gasteiger partial charge in [-0.15, -0.1) is 0 Å². The topological polar surface area (TPSA) is 62.0 Å². The highest BCUT2D eigenvalue weighted by Crippen LogP contribution is 2.27.